The lowest BCUT2D eigenvalue weighted by Crippen LogP contribution is -2.30. The number of esters is 3. The Bertz CT molecular complexity index is 989. The Morgan fingerprint density at radius 1 is 0.311 bits per heavy atom. The molecule has 0 unspecified atom stereocenters. The molecule has 0 aromatic rings. The molecule has 1 atom stereocenters. The van der Waals surface area contributed by atoms with E-state index in [4.69, 9.17) is 14.2 Å². The molecule has 0 aliphatic heterocycles. The van der Waals surface area contributed by atoms with Gasteiger partial charge in [-0.1, -0.05) is 225 Å². The number of allylic oxidation sites excluding steroid dienone is 4. The van der Waals surface area contributed by atoms with Gasteiger partial charge < -0.3 is 14.2 Å². The third-order valence-electron chi connectivity index (χ3n) is 11.9. The van der Waals surface area contributed by atoms with E-state index in [0.29, 0.717) is 19.3 Å². The van der Waals surface area contributed by atoms with Crippen LogP contribution in [0.5, 0.6) is 0 Å². The van der Waals surface area contributed by atoms with Gasteiger partial charge in [0.2, 0.25) is 0 Å². The smallest absolute Gasteiger partial charge is 0.306 e. The topological polar surface area (TPSA) is 78.9 Å². The van der Waals surface area contributed by atoms with Crippen LogP contribution in [-0.4, -0.2) is 37.2 Å². The Morgan fingerprint density at radius 3 is 0.836 bits per heavy atom. The van der Waals surface area contributed by atoms with Crippen LogP contribution in [0, 0.1) is 0 Å². The average molecular weight is 859 g/mol. The van der Waals surface area contributed by atoms with Crippen LogP contribution in [0.15, 0.2) is 24.3 Å². The summed E-state index contributed by atoms with van der Waals surface area (Å²) in [7, 11) is 0. The zero-order chi connectivity index (χ0) is 44.4. The van der Waals surface area contributed by atoms with Gasteiger partial charge in [0.15, 0.2) is 6.10 Å². The Morgan fingerprint density at radius 2 is 0.541 bits per heavy atom. The molecule has 6 nitrogen and oxygen atoms in total. The van der Waals surface area contributed by atoms with Crippen molar-refractivity contribution >= 4 is 17.9 Å². The molecule has 0 N–H and O–H groups in total. The highest BCUT2D eigenvalue weighted by atomic mass is 16.6. The van der Waals surface area contributed by atoms with Crippen LogP contribution in [0.3, 0.4) is 0 Å². The second-order valence-electron chi connectivity index (χ2n) is 18.1. The summed E-state index contributed by atoms with van der Waals surface area (Å²) in [4.78, 5) is 37.9. The van der Waals surface area contributed by atoms with Gasteiger partial charge in [0.25, 0.3) is 0 Å². The van der Waals surface area contributed by atoms with Crippen molar-refractivity contribution in [3.05, 3.63) is 24.3 Å². The van der Waals surface area contributed by atoms with Gasteiger partial charge in [-0.2, -0.15) is 0 Å². The fraction of sp³-hybridized carbons (Fsp3) is 0.873. The van der Waals surface area contributed by atoms with Crippen LogP contribution < -0.4 is 0 Å². The SMILES string of the molecule is CCCCCC/C=C\CCCCCCCC(=O)OC[C@@H](COC(=O)CCCCCCCCCCC/C=C\CCCCCCCC)OC(=O)CCCCCCCCCCCCC. The average Bonchev–Trinajstić information content (AvgIpc) is 3.26. The molecular weight excluding hydrogens is 757 g/mol. The summed E-state index contributed by atoms with van der Waals surface area (Å²) >= 11 is 0. The second-order valence-corrected chi connectivity index (χ2v) is 18.1. The van der Waals surface area contributed by atoms with E-state index >= 15 is 0 Å². The number of carbonyl (C=O) groups is 3. The number of rotatable bonds is 49. The second kappa shape index (κ2) is 50.5. The number of ether oxygens (including phenoxy) is 3. The lowest BCUT2D eigenvalue weighted by atomic mass is 10.1. The molecule has 6 heteroatoms. The van der Waals surface area contributed by atoms with Crippen LogP contribution in [0.2, 0.25) is 0 Å². The maximum atomic E-state index is 12.8. The Balaban J connectivity index is 4.28. The predicted octanol–water partition coefficient (Wildman–Crippen LogP) is 17.5. The van der Waals surface area contributed by atoms with Gasteiger partial charge >= 0.3 is 17.9 Å². The Labute approximate surface area is 379 Å². The van der Waals surface area contributed by atoms with Crippen molar-refractivity contribution in [3.63, 3.8) is 0 Å². The van der Waals surface area contributed by atoms with Crippen molar-refractivity contribution < 1.29 is 28.6 Å². The van der Waals surface area contributed by atoms with E-state index in [1.807, 2.05) is 0 Å². The summed E-state index contributed by atoms with van der Waals surface area (Å²) in [5.41, 5.74) is 0. The van der Waals surface area contributed by atoms with Gasteiger partial charge in [0.1, 0.15) is 13.2 Å². The third-order valence-corrected chi connectivity index (χ3v) is 11.9. The quantitative estimate of drug-likeness (QED) is 0.0262. The van der Waals surface area contributed by atoms with E-state index in [1.54, 1.807) is 0 Å². The minimum Gasteiger partial charge on any atom is -0.462 e. The van der Waals surface area contributed by atoms with Gasteiger partial charge in [-0.3, -0.25) is 14.4 Å². The molecule has 0 saturated heterocycles. The highest BCUT2D eigenvalue weighted by Crippen LogP contribution is 2.16. The molecule has 0 radical (unpaired) electrons. The fourth-order valence-electron chi connectivity index (χ4n) is 7.84. The van der Waals surface area contributed by atoms with Gasteiger partial charge in [-0.15, -0.1) is 0 Å². The fourth-order valence-corrected chi connectivity index (χ4v) is 7.84. The Hall–Kier alpha value is -2.11. The molecule has 0 aromatic carbocycles. The molecule has 0 aromatic heterocycles. The summed E-state index contributed by atoms with van der Waals surface area (Å²) in [5.74, 6) is -0.869. The van der Waals surface area contributed by atoms with Crippen LogP contribution in [0.4, 0.5) is 0 Å². The molecule has 0 spiro atoms. The molecule has 0 amide bonds. The molecule has 0 fully saturated rings. The van der Waals surface area contributed by atoms with E-state index in [9.17, 15) is 14.4 Å². The van der Waals surface area contributed by atoms with Gasteiger partial charge in [-0.25, -0.2) is 0 Å². The van der Waals surface area contributed by atoms with Crippen molar-refractivity contribution in [1.29, 1.82) is 0 Å². The van der Waals surface area contributed by atoms with Crippen molar-refractivity contribution in [2.45, 2.75) is 297 Å². The zero-order valence-electron chi connectivity index (χ0n) is 40.9. The van der Waals surface area contributed by atoms with Gasteiger partial charge in [-0.05, 0) is 70.6 Å². The molecule has 0 aliphatic rings. The van der Waals surface area contributed by atoms with Crippen LogP contribution in [0.25, 0.3) is 0 Å². The molecule has 358 valence electrons. The largest absolute Gasteiger partial charge is 0.462 e. The van der Waals surface area contributed by atoms with E-state index in [1.165, 1.54) is 186 Å². The molecule has 0 saturated carbocycles. The summed E-state index contributed by atoms with van der Waals surface area (Å²) in [6, 6.07) is 0. The maximum absolute atomic E-state index is 12.8. The van der Waals surface area contributed by atoms with Crippen LogP contribution in [0.1, 0.15) is 290 Å². The van der Waals surface area contributed by atoms with E-state index in [-0.39, 0.29) is 31.1 Å². The van der Waals surface area contributed by atoms with E-state index < -0.39 is 6.10 Å². The van der Waals surface area contributed by atoms with Crippen molar-refractivity contribution in [1.82, 2.24) is 0 Å². The number of carbonyl (C=O) groups excluding carboxylic acids is 3. The first-order chi connectivity index (χ1) is 30.0. The molecule has 0 aliphatic carbocycles. The lowest BCUT2D eigenvalue weighted by Gasteiger charge is -2.18. The van der Waals surface area contributed by atoms with Crippen molar-refractivity contribution in [2.24, 2.45) is 0 Å². The zero-order valence-corrected chi connectivity index (χ0v) is 40.9. The van der Waals surface area contributed by atoms with E-state index in [0.717, 1.165) is 64.2 Å². The molecule has 0 rings (SSSR count). The first-order valence-corrected chi connectivity index (χ1v) is 26.8. The Kier molecular flexibility index (Phi) is 48.8. The molecule has 0 bridgehead atoms. The van der Waals surface area contributed by atoms with Crippen molar-refractivity contribution in [2.75, 3.05) is 13.2 Å². The number of hydrogen-bond acceptors (Lipinski definition) is 6. The maximum Gasteiger partial charge on any atom is 0.306 e. The minimum atomic E-state index is -0.770. The molecule has 61 heavy (non-hydrogen) atoms. The highest BCUT2D eigenvalue weighted by molar-refractivity contribution is 5.71. The number of unbranched alkanes of at least 4 members (excludes halogenated alkanes) is 34. The molecular formula is C55H102O6. The highest BCUT2D eigenvalue weighted by Gasteiger charge is 2.19. The van der Waals surface area contributed by atoms with Crippen LogP contribution >= 0.6 is 0 Å². The van der Waals surface area contributed by atoms with Gasteiger partial charge in [0.05, 0.1) is 0 Å². The summed E-state index contributed by atoms with van der Waals surface area (Å²) < 4.78 is 16.8. The summed E-state index contributed by atoms with van der Waals surface area (Å²) in [6.45, 7) is 6.63. The first-order valence-electron chi connectivity index (χ1n) is 26.8. The minimum absolute atomic E-state index is 0.0712. The molecule has 0 heterocycles. The standard InChI is InChI=1S/C55H102O6/c1-4-7-10-13-16-19-22-24-25-26-27-28-29-31-34-36-39-42-45-48-54(57)60-51-52(61-55(58)49-46-43-40-37-32-21-18-15-12-9-6-3)50-59-53(56)47-44-41-38-35-33-30-23-20-17-14-11-8-5-2/h20,23-25,52H,4-19,21-22,26-51H2,1-3H3/b23-20-,25-24-/t52-/m0/s1. The lowest BCUT2D eigenvalue weighted by molar-refractivity contribution is -0.167. The van der Waals surface area contributed by atoms with Crippen LogP contribution in [-0.2, 0) is 28.6 Å². The summed E-state index contributed by atoms with van der Waals surface area (Å²) in [6.07, 6.45) is 57.3. The normalized spacial score (nSPS) is 12.1. The summed E-state index contributed by atoms with van der Waals surface area (Å²) in [5, 5.41) is 0. The third kappa shape index (κ3) is 48.8. The number of hydrogen-bond donors (Lipinski definition) is 0. The van der Waals surface area contributed by atoms with Crippen molar-refractivity contribution in [3.8, 4) is 0 Å². The van der Waals surface area contributed by atoms with Gasteiger partial charge in [0, 0.05) is 19.3 Å². The van der Waals surface area contributed by atoms with E-state index in [2.05, 4.69) is 45.1 Å². The first kappa shape index (κ1) is 58.9. The monoisotopic (exact) mass is 859 g/mol. The predicted molar refractivity (Wildman–Crippen MR) is 261 cm³/mol.